The predicted octanol–water partition coefficient (Wildman–Crippen LogP) is 5.17. The van der Waals surface area contributed by atoms with Crippen LogP contribution in [-0.2, 0) is 4.74 Å². The number of rotatable bonds is 7. The summed E-state index contributed by atoms with van der Waals surface area (Å²) in [6.45, 7) is 0.918. The molecule has 1 fully saturated rings. The van der Waals surface area contributed by atoms with Crippen molar-refractivity contribution in [3.8, 4) is 17.2 Å². The van der Waals surface area contributed by atoms with E-state index < -0.39 is 0 Å². The third-order valence-corrected chi connectivity index (χ3v) is 6.34. The number of nitrogens with one attached hydrogen (secondary N) is 1. The Morgan fingerprint density at radius 3 is 2.50 bits per heavy atom. The normalized spacial score (nSPS) is 16.7. The lowest BCUT2D eigenvalue weighted by molar-refractivity contribution is 0.0475. The Morgan fingerprint density at radius 2 is 1.78 bits per heavy atom. The Morgan fingerprint density at radius 1 is 1.03 bits per heavy atom. The first-order valence-corrected chi connectivity index (χ1v) is 11.9. The average molecular weight is 507 g/mol. The molecule has 2 aliphatic rings. The molecule has 3 aromatic rings. The Bertz CT molecular complexity index is 1330. The Balaban J connectivity index is 1.25. The van der Waals surface area contributed by atoms with Crippen molar-refractivity contribution in [1.82, 2.24) is 4.90 Å². The van der Waals surface area contributed by atoms with E-state index in [4.69, 9.17) is 25.8 Å². The van der Waals surface area contributed by atoms with Crippen LogP contribution in [0.25, 0.3) is 0 Å². The third-order valence-electron chi connectivity index (χ3n) is 6.11. The lowest BCUT2D eigenvalue weighted by Crippen LogP contribution is -2.36. The first-order valence-electron chi connectivity index (χ1n) is 11.5. The number of hydrogen-bond donors (Lipinski definition) is 1. The monoisotopic (exact) mass is 506 g/mol. The maximum Gasteiger partial charge on any atom is 0.261 e. The van der Waals surface area contributed by atoms with E-state index in [2.05, 4.69) is 5.32 Å². The van der Waals surface area contributed by atoms with E-state index in [0.29, 0.717) is 51.3 Å². The largest absolute Gasteiger partial charge is 0.496 e. The molecule has 0 saturated carbocycles. The van der Waals surface area contributed by atoms with Gasteiger partial charge in [0.15, 0.2) is 0 Å². The number of hydrogen-bond acceptors (Lipinski definition) is 6. The van der Waals surface area contributed by atoms with Crippen LogP contribution in [0.4, 0.5) is 5.69 Å². The summed E-state index contributed by atoms with van der Waals surface area (Å²) in [5.74, 6) is 0.313. The molecule has 2 heterocycles. The minimum atomic E-state index is -0.341. The second kappa shape index (κ2) is 10.0. The molecule has 1 unspecified atom stereocenters. The number of methoxy groups -OCH3 is 1. The zero-order chi connectivity index (χ0) is 25.2. The van der Waals surface area contributed by atoms with Gasteiger partial charge >= 0.3 is 0 Å². The summed E-state index contributed by atoms with van der Waals surface area (Å²) < 4.78 is 16.7. The van der Waals surface area contributed by atoms with Crippen LogP contribution in [0.15, 0.2) is 60.7 Å². The van der Waals surface area contributed by atoms with Gasteiger partial charge < -0.3 is 19.5 Å². The summed E-state index contributed by atoms with van der Waals surface area (Å²) in [4.78, 5) is 39.5. The van der Waals surface area contributed by atoms with Crippen LogP contribution >= 0.6 is 11.6 Å². The quantitative estimate of drug-likeness (QED) is 0.444. The highest BCUT2D eigenvalue weighted by Crippen LogP contribution is 2.31. The van der Waals surface area contributed by atoms with E-state index in [1.807, 2.05) is 0 Å². The summed E-state index contributed by atoms with van der Waals surface area (Å²) in [6, 6.07) is 16.4. The van der Waals surface area contributed by atoms with Gasteiger partial charge in [-0.15, -0.1) is 0 Å². The number of imide groups is 1. The smallest absolute Gasteiger partial charge is 0.261 e. The number of nitrogens with zero attached hydrogens (tertiary/aromatic N) is 1. The number of amides is 3. The number of anilines is 1. The van der Waals surface area contributed by atoms with Gasteiger partial charge in [0.2, 0.25) is 0 Å². The summed E-state index contributed by atoms with van der Waals surface area (Å²) in [7, 11) is 1.47. The predicted molar refractivity (Wildman–Crippen MR) is 133 cm³/mol. The fraction of sp³-hybridized carbons (Fsp3) is 0.222. The molecule has 9 heteroatoms. The molecule has 1 saturated heterocycles. The molecular formula is C27H23ClN2O6. The zero-order valence-corrected chi connectivity index (χ0v) is 20.2. The SMILES string of the molecule is COc1cc(Cl)ccc1C(=O)Nc1ccc(Oc2ccc3c(c2)C(=O)N(CC2CCCO2)C3=O)cc1. The van der Waals surface area contributed by atoms with Gasteiger partial charge in [-0.1, -0.05) is 11.6 Å². The van der Waals surface area contributed by atoms with Crippen LogP contribution in [-0.4, -0.2) is 49.0 Å². The summed E-state index contributed by atoms with van der Waals surface area (Å²) in [5, 5.41) is 3.28. The van der Waals surface area contributed by atoms with Gasteiger partial charge in [-0.2, -0.15) is 0 Å². The van der Waals surface area contributed by atoms with Gasteiger partial charge in [-0.3, -0.25) is 19.3 Å². The molecule has 1 atom stereocenters. The van der Waals surface area contributed by atoms with Gasteiger partial charge in [-0.25, -0.2) is 0 Å². The molecule has 5 rings (SSSR count). The number of fused-ring (bicyclic) bond motifs is 1. The molecule has 0 bridgehead atoms. The molecule has 1 N–H and O–H groups in total. The van der Waals surface area contributed by atoms with Crippen molar-refractivity contribution < 1.29 is 28.6 Å². The molecule has 0 aromatic heterocycles. The Kier molecular flexibility index (Phi) is 6.63. The van der Waals surface area contributed by atoms with E-state index >= 15 is 0 Å². The van der Waals surface area contributed by atoms with Gasteiger partial charge in [0.1, 0.15) is 17.2 Å². The van der Waals surface area contributed by atoms with Gasteiger partial charge in [0.05, 0.1) is 36.4 Å². The van der Waals surface area contributed by atoms with Gasteiger partial charge in [0, 0.05) is 17.3 Å². The van der Waals surface area contributed by atoms with Gasteiger partial charge in [0.25, 0.3) is 17.7 Å². The number of benzene rings is 3. The van der Waals surface area contributed by atoms with Crippen molar-refractivity contribution in [3.63, 3.8) is 0 Å². The third kappa shape index (κ3) is 4.78. The van der Waals surface area contributed by atoms with Crippen molar-refractivity contribution in [3.05, 3.63) is 82.4 Å². The maximum atomic E-state index is 12.9. The van der Waals surface area contributed by atoms with E-state index in [9.17, 15) is 14.4 Å². The van der Waals surface area contributed by atoms with Crippen LogP contribution < -0.4 is 14.8 Å². The van der Waals surface area contributed by atoms with Crippen LogP contribution in [0.2, 0.25) is 5.02 Å². The summed E-state index contributed by atoms with van der Waals surface area (Å²) in [6.07, 6.45) is 1.66. The van der Waals surface area contributed by atoms with Crippen molar-refractivity contribution in [2.24, 2.45) is 0 Å². The molecule has 0 aliphatic carbocycles. The van der Waals surface area contributed by atoms with E-state index in [1.165, 1.54) is 12.0 Å². The highest BCUT2D eigenvalue weighted by molar-refractivity contribution is 6.31. The molecule has 3 amide bonds. The van der Waals surface area contributed by atoms with Crippen molar-refractivity contribution in [2.75, 3.05) is 25.6 Å². The molecular weight excluding hydrogens is 484 g/mol. The first-order chi connectivity index (χ1) is 17.4. The van der Waals surface area contributed by atoms with Gasteiger partial charge in [-0.05, 0) is 73.5 Å². The second-order valence-corrected chi connectivity index (χ2v) is 8.92. The standard InChI is InChI=1S/C27H23ClN2O6/c1-34-24-13-16(28)4-10-22(24)25(31)29-17-5-7-18(8-6-17)36-19-9-11-21-23(14-19)27(33)30(26(21)32)15-20-3-2-12-35-20/h4-11,13-14,20H,2-3,12,15H2,1H3,(H,29,31). The minimum Gasteiger partial charge on any atom is -0.496 e. The topological polar surface area (TPSA) is 94.2 Å². The Hall–Kier alpha value is -3.88. The highest BCUT2D eigenvalue weighted by Gasteiger charge is 2.37. The van der Waals surface area contributed by atoms with Crippen LogP contribution in [0.3, 0.4) is 0 Å². The fourth-order valence-corrected chi connectivity index (χ4v) is 4.45. The number of halogens is 1. The molecule has 8 nitrogen and oxygen atoms in total. The maximum absolute atomic E-state index is 12.9. The molecule has 3 aromatic carbocycles. The molecule has 2 aliphatic heterocycles. The lowest BCUT2D eigenvalue weighted by Gasteiger charge is -2.17. The lowest BCUT2D eigenvalue weighted by atomic mass is 10.1. The summed E-state index contributed by atoms with van der Waals surface area (Å²) >= 11 is 5.96. The number of carbonyl (C=O) groups is 3. The number of ether oxygens (including phenoxy) is 3. The Labute approximate surface area is 212 Å². The van der Waals surface area contributed by atoms with Crippen LogP contribution in [0.5, 0.6) is 17.2 Å². The molecule has 0 radical (unpaired) electrons. The van der Waals surface area contributed by atoms with Crippen molar-refractivity contribution in [1.29, 1.82) is 0 Å². The molecule has 184 valence electrons. The first kappa shape index (κ1) is 23.8. The average Bonchev–Trinajstić information content (AvgIpc) is 3.48. The van der Waals surface area contributed by atoms with E-state index in [1.54, 1.807) is 60.7 Å². The minimum absolute atomic E-state index is 0.109. The van der Waals surface area contributed by atoms with E-state index in [-0.39, 0.29) is 30.4 Å². The van der Waals surface area contributed by atoms with Crippen molar-refractivity contribution in [2.45, 2.75) is 18.9 Å². The second-order valence-electron chi connectivity index (χ2n) is 8.49. The molecule has 0 spiro atoms. The van der Waals surface area contributed by atoms with E-state index in [0.717, 1.165) is 12.8 Å². The van der Waals surface area contributed by atoms with Crippen LogP contribution in [0, 0.1) is 0 Å². The van der Waals surface area contributed by atoms with Crippen molar-refractivity contribution >= 4 is 35.0 Å². The zero-order valence-electron chi connectivity index (χ0n) is 19.5. The molecule has 36 heavy (non-hydrogen) atoms. The number of carbonyl (C=O) groups excluding carboxylic acids is 3. The fourth-order valence-electron chi connectivity index (χ4n) is 4.28. The highest BCUT2D eigenvalue weighted by atomic mass is 35.5. The summed E-state index contributed by atoms with van der Waals surface area (Å²) in [5.41, 5.74) is 1.59. The van der Waals surface area contributed by atoms with Crippen LogP contribution in [0.1, 0.15) is 43.9 Å².